The van der Waals surface area contributed by atoms with Gasteiger partial charge in [-0.05, 0) is 37.7 Å². The number of rotatable bonds is 6. The Morgan fingerprint density at radius 1 is 1.12 bits per heavy atom. The minimum atomic E-state index is -4.74. The summed E-state index contributed by atoms with van der Waals surface area (Å²) in [6.45, 7) is 0.465. The Hall–Kier alpha value is -3.52. The predicted octanol–water partition coefficient (Wildman–Crippen LogP) is 2.46. The summed E-state index contributed by atoms with van der Waals surface area (Å²) in [6, 6.07) is 5.50. The lowest BCUT2D eigenvalue weighted by Gasteiger charge is -2.14. The van der Waals surface area contributed by atoms with Gasteiger partial charge in [-0.25, -0.2) is 22.8 Å². The first-order valence-corrected chi connectivity index (χ1v) is 11.2. The summed E-state index contributed by atoms with van der Waals surface area (Å²) in [5.74, 6) is -0.803. The summed E-state index contributed by atoms with van der Waals surface area (Å²) in [4.78, 5) is 21.1. The van der Waals surface area contributed by atoms with Crippen molar-refractivity contribution in [2.45, 2.75) is 23.9 Å². The molecule has 4 rings (SSSR count). The number of nitrogens with zero attached hydrogens (tertiary/aromatic N) is 5. The third kappa shape index (κ3) is 4.66. The number of carbonyl (C=O) groups is 1. The molecule has 0 radical (unpaired) electrons. The van der Waals surface area contributed by atoms with Gasteiger partial charge < -0.3 is 10.2 Å². The lowest BCUT2D eigenvalue weighted by atomic mass is 10.3. The molecule has 0 atom stereocenters. The number of amides is 1. The molecule has 0 spiro atoms. The number of hydrogen-bond donors (Lipinski definition) is 2. The predicted molar refractivity (Wildman–Crippen MR) is 112 cm³/mol. The second-order valence-corrected chi connectivity index (χ2v) is 8.96. The van der Waals surface area contributed by atoms with E-state index in [2.05, 4.69) is 25.1 Å². The van der Waals surface area contributed by atoms with Crippen molar-refractivity contribution in [3.8, 4) is 5.82 Å². The summed E-state index contributed by atoms with van der Waals surface area (Å²) < 4.78 is 67.5. The molecule has 2 N–H and O–H groups in total. The van der Waals surface area contributed by atoms with Crippen LogP contribution in [0.2, 0.25) is 0 Å². The minimum Gasteiger partial charge on any atom is -0.324 e. The third-order valence-electron chi connectivity index (χ3n) is 4.93. The van der Waals surface area contributed by atoms with Crippen molar-refractivity contribution in [2.75, 3.05) is 23.8 Å². The van der Waals surface area contributed by atoms with E-state index >= 15 is 0 Å². The molecular weight excluding hydrogens is 463 g/mol. The van der Waals surface area contributed by atoms with Crippen LogP contribution in [0.5, 0.6) is 0 Å². The Balaban J connectivity index is 1.66. The van der Waals surface area contributed by atoms with Crippen LogP contribution in [0.1, 0.15) is 18.4 Å². The van der Waals surface area contributed by atoms with E-state index in [0.29, 0.717) is 37.0 Å². The van der Waals surface area contributed by atoms with Gasteiger partial charge >= 0.3 is 6.18 Å². The molecule has 0 unspecified atom stereocenters. The van der Waals surface area contributed by atoms with Gasteiger partial charge in [-0.15, -0.1) is 0 Å². The number of aromatic nitrogens is 4. The molecule has 3 heterocycles. The molecule has 0 saturated carbocycles. The van der Waals surface area contributed by atoms with E-state index in [1.54, 1.807) is 0 Å². The molecule has 1 aromatic carbocycles. The van der Waals surface area contributed by atoms with Crippen LogP contribution < -0.4 is 14.9 Å². The van der Waals surface area contributed by atoms with E-state index < -0.39 is 27.6 Å². The summed E-state index contributed by atoms with van der Waals surface area (Å²) in [5, 5.41) is 6.71. The van der Waals surface area contributed by atoms with Gasteiger partial charge in [-0.2, -0.15) is 23.3 Å². The third-order valence-corrected chi connectivity index (χ3v) is 6.36. The number of anilines is 3. The topological polar surface area (TPSA) is 122 Å². The van der Waals surface area contributed by atoms with Crippen LogP contribution in [-0.2, 0) is 21.0 Å². The van der Waals surface area contributed by atoms with Crippen LogP contribution in [0.4, 0.5) is 30.5 Å². The molecule has 1 aliphatic heterocycles. The fourth-order valence-electron chi connectivity index (χ4n) is 3.26. The van der Waals surface area contributed by atoms with Crippen LogP contribution in [0.3, 0.4) is 0 Å². The zero-order valence-electron chi connectivity index (χ0n) is 17.2. The van der Waals surface area contributed by atoms with Gasteiger partial charge in [0, 0.05) is 24.8 Å². The first-order chi connectivity index (χ1) is 15.6. The first kappa shape index (κ1) is 22.7. The van der Waals surface area contributed by atoms with E-state index in [1.165, 1.54) is 48.6 Å². The van der Waals surface area contributed by atoms with Crippen LogP contribution in [-0.4, -0.2) is 47.7 Å². The fraction of sp³-hybridized carbons (Fsp3) is 0.263. The van der Waals surface area contributed by atoms with Gasteiger partial charge in [0.25, 0.3) is 0 Å². The quantitative estimate of drug-likeness (QED) is 0.555. The summed E-state index contributed by atoms with van der Waals surface area (Å²) in [6.07, 6.45) is -0.469. The van der Waals surface area contributed by atoms with Gasteiger partial charge in [0.1, 0.15) is 5.56 Å². The van der Waals surface area contributed by atoms with Crippen LogP contribution in [0, 0.1) is 0 Å². The largest absolute Gasteiger partial charge is 0.421 e. The summed E-state index contributed by atoms with van der Waals surface area (Å²) in [5.41, 5.74) is -0.370. The minimum absolute atomic E-state index is 0.0186. The van der Waals surface area contributed by atoms with Gasteiger partial charge in [0.2, 0.25) is 21.9 Å². The zero-order valence-corrected chi connectivity index (χ0v) is 18.0. The molecule has 0 bridgehead atoms. The number of nitrogens with one attached hydrogen (secondary N) is 2. The van der Waals surface area contributed by atoms with Crippen molar-refractivity contribution < 1.29 is 26.4 Å². The molecule has 14 heteroatoms. The number of hydrogen-bond acceptors (Lipinski definition) is 7. The molecular formula is C19H18F3N7O3S. The molecule has 1 fully saturated rings. The van der Waals surface area contributed by atoms with E-state index in [1.807, 2.05) is 0 Å². The Bertz CT molecular complexity index is 1290. The van der Waals surface area contributed by atoms with Gasteiger partial charge in [0.15, 0.2) is 5.82 Å². The van der Waals surface area contributed by atoms with E-state index in [9.17, 15) is 26.4 Å². The molecule has 1 saturated heterocycles. The standard InChI is InChI=1S/C19H18F3N7O3S/c1-23-33(31,32)14-6-4-12(5-7-14)26-18-24-10-15(19(20,21)22)17(27-18)29-11-13(9-25-29)28-8-2-3-16(28)30/h4-7,9-11,23H,2-3,8H2,1H3,(H,24,26,27). The average Bonchev–Trinajstić information content (AvgIpc) is 3.42. The van der Waals surface area contributed by atoms with Gasteiger partial charge in [0.05, 0.1) is 23.0 Å². The van der Waals surface area contributed by atoms with Crippen molar-refractivity contribution in [3.05, 3.63) is 48.4 Å². The highest BCUT2D eigenvalue weighted by molar-refractivity contribution is 7.89. The molecule has 33 heavy (non-hydrogen) atoms. The lowest BCUT2D eigenvalue weighted by Crippen LogP contribution is -2.23. The molecule has 3 aromatic rings. The molecule has 0 aliphatic carbocycles. The Morgan fingerprint density at radius 2 is 1.85 bits per heavy atom. The Kier molecular flexibility index (Phi) is 5.80. The number of benzene rings is 1. The fourth-order valence-corrected chi connectivity index (χ4v) is 3.99. The maximum atomic E-state index is 13.6. The SMILES string of the molecule is CNS(=O)(=O)c1ccc(Nc2ncc(C(F)(F)F)c(-n3cc(N4CCCC4=O)cn3)n2)cc1. The first-order valence-electron chi connectivity index (χ1n) is 9.69. The highest BCUT2D eigenvalue weighted by Crippen LogP contribution is 2.34. The second-order valence-electron chi connectivity index (χ2n) is 7.08. The van der Waals surface area contributed by atoms with Gasteiger partial charge in [-0.3, -0.25) is 4.79 Å². The number of carbonyl (C=O) groups excluding carboxylic acids is 1. The molecule has 2 aromatic heterocycles. The maximum absolute atomic E-state index is 13.6. The number of sulfonamides is 1. The lowest BCUT2D eigenvalue weighted by molar-refractivity contribution is -0.138. The van der Waals surface area contributed by atoms with Crippen LogP contribution >= 0.6 is 0 Å². The zero-order chi connectivity index (χ0) is 23.8. The monoisotopic (exact) mass is 481 g/mol. The van der Waals surface area contributed by atoms with Crippen molar-refractivity contribution in [1.29, 1.82) is 0 Å². The van der Waals surface area contributed by atoms with Crippen molar-refractivity contribution in [3.63, 3.8) is 0 Å². The number of alkyl halides is 3. The second kappa shape index (κ2) is 8.44. The summed E-state index contributed by atoms with van der Waals surface area (Å²) in [7, 11) is -2.36. The Morgan fingerprint density at radius 3 is 2.45 bits per heavy atom. The molecule has 174 valence electrons. The summed E-state index contributed by atoms with van der Waals surface area (Å²) >= 11 is 0. The molecule has 1 amide bonds. The van der Waals surface area contributed by atoms with E-state index in [-0.39, 0.29) is 16.8 Å². The van der Waals surface area contributed by atoms with Gasteiger partial charge in [-0.1, -0.05) is 0 Å². The van der Waals surface area contributed by atoms with E-state index in [4.69, 9.17) is 0 Å². The van der Waals surface area contributed by atoms with Crippen molar-refractivity contribution >= 4 is 33.3 Å². The van der Waals surface area contributed by atoms with E-state index in [0.717, 1.165) is 4.68 Å². The van der Waals surface area contributed by atoms with Crippen molar-refractivity contribution in [1.82, 2.24) is 24.5 Å². The number of halogens is 3. The average molecular weight is 481 g/mol. The van der Waals surface area contributed by atoms with Crippen LogP contribution in [0.15, 0.2) is 47.8 Å². The van der Waals surface area contributed by atoms with Crippen LogP contribution in [0.25, 0.3) is 5.82 Å². The molecule has 1 aliphatic rings. The normalized spacial score (nSPS) is 14.7. The molecule has 10 nitrogen and oxygen atoms in total. The smallest absolute Gasteiger partial charge is 0.324 e. The Labute approximate surface area is 186 Å². The maximum Gasteiger partial charge on any atom is 0.421 e. The highest BCUT2D eigenvalue weighted by Gasteiger charge is 2.36. The van der Waals surface area contributed by atoms with Crippen molar-refractivity contribution in [2.24, 2.45) is 0 Å². The highest BCUT2D eigenvalue weighted by atomic mass is 32.2.